The summed E-state index contributed by atoms with van der Waals surface area (Å²) in [5, 5.41) is 0. The molecule has 1 unspecified atom stereocenters. The molecule has 0 aromatic carbocycles. The van der Waals surface area contributed by atoms with E-state index < -0.39 is 0 Å². The van der Waals surface area contributed by atoms with Crippen LogP contribution in [0.2, 0.25) is 0 Å². The summed E-state index contributed by atoms with van der Waals surface area (Å²) >= 11 is 0. The first-order valence-corrected chi connectivity index (χ1v) is 4.57. The maximum atomic E-state index is 2.37. The number of rotatable bonds is 4. The third kappa shape index (κ3) is 3.92. The summed E-state index contributed by atoms with van der Waals surface area (Å²) in [4.78, 5) is 0. The molecule has 0 radical (unpaired) electrons. The second kappa shape index (κ2) is 4.76. The molecule has 0 heteroatoms. The van der Waals surface area contributed by atoms with E-state index in [9.17, 15) is 0 Å². The lowest BCUT2D eigenvalue weighted by Gasteiger charge is -2.19. The largest absolute Gasteiger partial charge is 0.0651 e. The van der Waals surface area contributed by atoms with E-state index in [2.05, 4.69) is 34.6 Å². The van der Waals surface area contributed by atoms with E-state index in [-0.39, 0.29) is 0 Å². The highest BCUT2D eigenvalue weighted by Crippen LogP contribution is 2.21. The molecule has 0 saturated heterocycles. The SMILES string of the molecule is CCC(C)[C@H](C)CC(C)C. The average Bonchev–Trinajstić information content (AvgIpc) is 1.85. The van der Waals surface area contributed by atoms with Crippen LogP contribution in [0.5, 0.6) is 0 Å². The molecule has 62 valence electrons. The zero-order valence-electron chi connectivity index (χ0n) is 8.15. The summed E-state index contributed by atoms with van der Waals surface area (Å²) in [6.07, 6.45) is 2.71. The van der Waals surface area contributed by atoms with Crippen LogP contribution in [0.3, 0.4) is 0 Å². The molecule has 0 N–H and O–H groups in total. The fraction of sp³-hybridized carbons (Fsp3) is 1.00. The highest BCUT2D eigenvalue weighted by molar-refractivity contribution is 4.61. The van der Waals surface area contributed by atoms with Crippen molar-refractivity contribution < 1.29 is 0 Å². The molecular formula is C10H22. The highest BCUT2D eigenvalue weighted by Gasteiger charge is 2.10. The predicted molar refractivity (Wildman–Crippen MR) is 48.1 cm³/mol. The summed E-state index contributed by atoms with van der Waals surface area (Å²) in [5.41, 5.74) is 0. The summed E-state index contributed by atoms with van der Waals surface area (Å²) in [6.45, 7) is 11.6. The number of hydrogen-bond donors (Lipinski definition) is 0. The normalized spacial score (nSPS) is 17.4. The third-order valence-electron chi connectivity index (χ3n) is 2.46. The average molecular weight is 142 g/mol. The van der Waals surface area contributed by atoms with Gasteiger partial charge in [0.15, 0.2) is 0 Å². The van der Waals surface area contributed by atoms with Gasteiger partial charge in [-0.15, -0.1) is 0 Å². The molecule has 0 aliphatic heterocycles. The van der Waals surface area contributed by atoms with Crippen molar-refractivity contribution in [3.63, 3.8) is 0 Å². The van der Waals surface area contributed by atoms with E-state index in [1.807, 2.05) is 0 Å². The van der Waals surface area contributed by atoms with Crippen molar-refractivity contribution in [3.05, 3.63) is 0 Å². The van der Waals surface area contributed by atoms with Gasteiger partial charge in [0.2, 0.25) is 0 Å². The van der Waals surface area contributed by atoms with Crippen LogP contribution in [-0.4, -0.2) is 0 Å². The zero-order chi connectivity index (χ0) is 8.15. The minimum atomic E-state index is 0.865. The lowest BCUT2D eigenvalue weighted by molar-refractivity contribution is 0.316. The molecule has 0 fully saturated rings. The van der Waals surface area contributed by atoms with Crippen LogP contribution in [0, 0.1) is 17.8 Å². The van der Waals surface area contributed by atoms with Crippen molar-refractivity contribution in [2.24, 2.45) is 17.8 Å². The molecule has 0 aromatic heterocycles. The minimum absolute atomic E-state index is 0.865. The van der Waals surface area contributed by atoms with Crippen molar-refractivity contribution in [2.45, 2.75) is 47.5 Å². The standard InChI is InChI=1S/C10H22/c1-6-9(4)10(5)7-8(2)3/h8-10H,6-7H2,1-5H3/t9?,10-/m1/s1. The van der Waals surface area contributed by atoms with E-state index in [1.54, 1.807) is 0 Å². The van der Waals surface area contributed by atoms with Gasteiger partial charge in [-0.25, -0.2) is 0 Å². The van der Waals surface area contributed by atoms with Crippen LogP contribution in [0.25, 0.3) is 0 Å². The van der Waals surface area contributed by atoms with E-state index in [0.29, 0.717) is 0 Å². The molecule has 0 bridgehead atoms. The monoisotopic (exact) mass is 142 g/mol. The fourth-order valence-corrected chi connectivity index (χ4v) is 1.38. The van der Waals surface area contributed by atoms with Crippen LogP contribution in [0.15, 0.2) is 0 Å². The van der Waals surface area contributed by atoms with E-state index >= 15 is 0 Å². The van der Waals surface area contributed by atoms with E-state index in [0.717, 1.165) is 17.8 Å². The number of hydrogen-bond acceptors (Lipinski definition) is 0. The molecule has 0 saturated carbocycles. The predicted octanol–water partition coefficient (Wildman–Crippen LogP) is 3.71. The van der Waals surface area contributed by atoms with Gasteiger partial charge < -0.3 is 0 Å². The van der Waals surface area contributed by atoms with E-state index in [4.69, 9.17) is 0 Å². The van der Waals surface area contributed by atoms with Gasteiger partial charge in [-0.05, 0) is 24.2 Å². The van der Waals surface area contributed by atoms with Crippen molar-refractivity contribution in [2.75, 3.05) is 0 Å². The van der Waals surface area contributed by atoms with Crippen LogP contribution >= 0.6 is 0 Å². The maximum absolute atomic E-state index is 2.37. The molecule has 2 atom stereocenters. The van der Waals surface area contributed by atoms with Gasteiger partial charge in [0.25, 0.3) is 0 Å². The summed E-state index contributed by atoms with van der Waals surface area (Å²) in [6, 6.07) is 0. The van der Waals surface area contributed by atoms with E-state index in [1.165, 1.54) is 12.8 Å². The quantitative estimate of drug-likeness (QED) is 0.561. The van der Waals surface area contributed by atoms with Crippen molar-refractivity contribution >= 4 is 0 Å². The Bertz CT molecular complexity index is 74.1. The lowest BCUT2D eigenvalue weighted by atomic mass is 9.87. The molecular weight excluding hydrogens is 120 g/mol. The molecule has 0 spiro atoms. The summed E-state index contributed by atoms with van der Waals surface area (Å²) in [5.74, 6) is 2.68. The second-order valence-corrected chi connectivity index (χ2v) is 3.99. The van der Waals surface area contributed by atoms with Gasteiger partial charge in [0.1, 0.15) is 0 Å². The van der Waals surface area contributed by atoms with Gasteiger partial charge in [-0.3, -0.25) is 0 Å². The Morgan fingerprint density at radius 2 is 1.40 bits per heavy atom. The summed E-state index contributed by atoms with van der Waals surface area (Å²) in [7, 11) is 0. The van der Waals surface area contributed by atoms with Gasteiger partial charge in [0, 0.05) is 0 Å². The molecule has 0 rings (SSSR count). The van der Waals surface area contributed by atoms with Crippen molar-refractivity contribution in [1.29, 1.82) is 0 Å². The smallest absolute Gasteiger partial charge is 0.0415 e. The van der Waals surface area contributed by atoms with Crippen LogP contribution in [0.1, 0.15) is 47.5 Å². The molecule has 0 nitrogen and oxygen atoms in total. The first kappa shape index (κ1) is 10.0. The first-order chi connectivity index (χ1) is 4.57. The maximum Gasteiger partial charge on any atom is -0.0415 e. The van der Waals surface area contributed by atoms with Gasteiger partial charge in [0.05, 0.1) is 0 Å². The Labute approximate surface area is 66.0 Å². The topological polar surface area (TPSA) is 0 Å². The molecule has 10 heavy (non-hydrogen) atoms. The van der Waals surface area contributed by atoms with Crippen molar-refractivity contribution in [1.82, 2.24) is 0 Å². The van der Waals surface area contributed by atoms with Gasteiger partial charge in [-0.1, -0.05) is 41.0 Å². The Kier molecular flexibility index (Phi) is 4.76. The molecule has 0 aromatic rings. The lowest BCUT2D eigenvalue weighted by Crippen LogP contribution is -2.09. The van der Waals surface area contributed by atoms with Crippen LogP contribution < -0.4 is 0 Å². The molecule has 0 aliphatic carbocycles. The van der Waals surface area contributed by atoms with Crippen LogP contribution in [-0.2, 0) is 0 Å². The zero-order valence-corrected chi connectivity index (χ0v) is 8.15. The fourth-order valence-electron chi connectivity index (χ4n) is 1.38. The minimum Gasteiger partial charge on any atom is -0.0651 e. The van der Waals surface area contributed by atoms with Crippen LogP contribution in [0.4, 0.5) is 0 Å². The third-order valence-corrected chi connectivity index (χ3v) is 2.46. The second-order valence-electron chi connectivity index (χ2n) is 3.99. The summed E-state index contributed by atoms with van der Waals surface area (Å²) < 4.78 is 0. The molecule has 0 amide bonds. The highest BCUT2D eigenvalue weighted by atomic mass is 14.2. The molecule has 0 heterocycles. The van der Waals surface area contributed by atoms with Gasteiger partial charge in [-0.2, -0.15) is 0 Å². The Hall–Kier alpha value is 0. The van der Waals surface area contributed by atoms with Gasteiger partial charge >= 0.3 is 0 Å². The Morgan fingerprint density at radius 3 is 1.70 bits per heavy atom. The first-order valence-electron chi connectivity index (χ1n) is 4.57. The Balaban J connectivity index is 3.50. The molecule has 0 aliphatic rings. The van der Waals surface area contributed by atoms with Crippen molar-refractivity contribution in [3.8, 4) is 0 Å². The Morgan fingerprint density at radius 1 is 0.900 bits per heavy atom.